The second-order valence-electron chi connectivity index (χ2n) is 5.46. The molecule has 1 fully saturated rings. The topological polar surface area (TPSA) is 26.3 Å². The quantitative estimate of drug-likeness (QED) is 0.352. The molecule has 0 spiro atoms. The molecule has 1 aliphatic rings. The van der Waals surface area contributed by atoms with Crippen molar-refractivity contribution in [1.29, 1.82) is 0 Å². The zero-order chi connectivity index (χ0) is 13.1. The highest BCUT2D eigenvalue weighted by Gasteiger charge is 2.16. The molecule has 2 heteroatoms. The Balaban J connectivity index is 1.98. The smallest absolute Gasteiger partial charge is 0.310 e. The molecule has 0 unspecified atom stereocenters. The fourth-order valence-electron chi connectivity index (χ4n) is 2.54. The van der Waals surface area contributed by atoms with E-state index in [4.69, 9.17) is 4.74 Å². The molecule has 0 bridgehead atoms. The molecule has 0 N–H and O–H groups in total. The number of esters is 1. The van der Waals surface area contributed by atoms with Gasteiger partial charge >= 0.3 is 5.97 Å². The first kappa shape index (κ1) is 15.5. The van der Waals surface area contributed by atoms with E-state index in [1.807, 2.05) is 0 Å². The van der Waals surface area contributed by atoms with Crippen molar-refractivity contribution in [2.45, 2.75) is 90.1 Å². The largest absolute Gasteiger partial charge is 0.462 e. The normalized spacial score (nSPS) is 17.4. The highest BCUT2D eigenvalue weighted by Crippen LogP contribution is 2.20. The van der Waals surface area contributed by atoms with Crippen LogP contribution < -0.4 is 0 Å². The standard InChI is InChI=1S/C16H29O2/c1-2-3-4-5-6-11-14-16(17)18-15-12-9-7-8-10-13-15/h14-15H,2-13H2,1H3. The van der Waals surface area contributed by atoms with Gasteiger partial charge in [-0.15, -0.1) is 0 Å². The Morgan fingerprint density at radius 1 is 1.06 bits per heavy atom. The first-order valence-corrected chi connectivity index (χ1v) is 7.86. The van der Waals surface area contributed by atoms with Gasteiger partial charge in [-0.2, -0.15) is 0 Å². The minimum Gasteiger partial charge on any atom is -0.462 e. The van der Waals surface area contributed by atoms with E-state index in [0.29, 0.717) is 0 Å². The van der Waals surface area contributed by atoms with Gasteiger partial charge in [0.05, 0.1) is 6.42 Å². The maximum Gasteiger partial charge on any atom is 0.310 e. The minimum atomic E-state index is -0.0857. The summed E-state index contributed by atoms with van der Waals surface area (Å²) in [5, 5.41) is 0. The van der Waals surface area contributed by atoms with Gasteiger partial charge in [-0.3, -0.25) is 4.79 Å². The third-order valence-corrected chi connectivity index (χ3v) is 3.70. The van der Waals surface area contributed by atoms with Gasteiger partial charge in [0.2, 0.25) is 0 Å². The molecule has 0 atom stereocenters. The van der Waals surface area contributed by atoms with Crippen molar-refractivity contribution in [3.8, 4) is 0 Å². The number of ether oxygens (including phenoxy) is 1. The molecule has 18 heavy (non-hydrogen) atoms. The first-order valence-electron chi connectivity index (χ1n) is 7.86. The van der Waals surface area contributed by atoms with Gasteiger partial charge < -0.3 is 4.74 Å². The summed E-state index contributed by atoms with van der Waals surface area (Å²) in [6.45, 7) is 2.22. The van der Waals surface area contributed by atoms with E-state index in [0.717, 1.165) is 25.7 Å². The number of carbonyl (C=O) groups excluding carboxylic acids is 1. The maximum absolute atomic E-state index is 11.6. The van der Waals surface area contributed by atoms with Crippen LogP contribution in [0.1, 0.15) is 84.0 Å². The summed E-state index contributed by atoms with van der Waals surface area (Å²) in [5.41, 5.74) is 0. The third kappa shape index (κ3) is 7.73. The van der Waals surface area contributed by atoms with E-state index in [1.54, 1.807) is 6.42 Å². The van der Waals surface area contributed by atoms with E-state index in [2.05, 4.69) is 6.92 Å². The van der Waals surface area contributed by atoms with Crippen LogP contribution >= 0.6 is 0 Å². The average Bonchev–Trinajstić information content (AvgIpc) is 2.62. The lowest BCUT2D eigenvalue weighted by Gasteiger charge is -2.15. The summed E-state index contributed by atoms with van der Waals surface area (Å²) in [4.78, 5) is 11.6. The summed E-state index contributed by atoms with van der Waals surface area (Å²) < 4.78 is 5.50. The van der Waals surface area contributed by atoms with Crippen LogP contribution in [0.15, 0.2) is 0 Å². The summed E-state index contributed by atoms with van der Waals surface area (Å²) >= 11 is 0. The zero-order valence-corrected chi connectivity index (χ0v) is 12.0. The Morgan fingerprint density at radius 2 is 1.72 bits per heavy atom. The molecule has 1 radical (unpaired) electrons. The molecule has 0 aliphatic heterocycles. The number of carbonyl (C=O) groups is 1. The molecule has 0 aromatic carbocycles. The van der Waals surface area contributed by atoms with Crippen molar-refractivity contribution in [2.24, 2.45) is 0 Å². The molecule has 0 aromatic heterocycles. The Morgan fingerprint density at radius 3 is 2.39 bits per heavy atom. The average molecular weight is 253 g/mol. The van der Waals surface area contributed by atoms with E-state index in [-0.39, 0.29) is 12.1 Å². The summed E-state index contributed by atoms with van der Waals surface area (Å²) in [6, 6.07) is 0. The van der Waals surface area contributed by atoms with Crippen LogP contribution in [0, 0.1) is 6.42 Å². The second-order valence-corrected chi connectivity index (χ2v) is 5.46. The van der Waals surface area contributed by atoms with Crippen LogP contribution in [-0.4, -0.2) is 12.1 Å². The van der Waals surface area contributed by atoms with E-state index in [9.17, 15) is 4.79 Å². The van der Waals surface area contributed by atoms with Gasteiger partial charge in [0, 0.05) is 0 Å². The van der Waals surface area contributed by atoms with Crippen molar-refractivity contribution in [3.63, 3.8) is 0 Å². The van der Waals surface area contributed by atoms with Gasteiger partial charge in [0.1, 0.15) is 6.10 Å². The lowest BCUT2D eigenvalue weighted by molar-refractivity contribution is -0.145. The molecule has 0 saturated heterocycles. The number of hydrogen-bond donors (Lipinski definition) is 0. The lowest BCUT2D eigenvalue weighted by atomic mass is 10.1. The lowest BCUT2D eigenvalue weighted by Crippen LogP contribution is -2.17. The SMILES string of the molecule is CCCCCCC[CH]C(=O)OC1CCCCCC1. The third-order valence-electron chi connectivity index (χ3n) is 3.70. The monoisotopic (exact) mass is 253 g/mol. The van der Waals surface area contributed by atoms with Gasteiger partial charge in [-0.1, -0.05) is 51.9 Å². The van der Waals surface area contributed by atoms with Crippen LogP contribution in [0.3, 0.4) is 0 Å². The number of unbranched alkanes of at least 4 members (excludes halogenated alkanes) is 5. The number of hydrogen-bond acceptors (Lipinski definition) is 2. The van der Waals surface area contributed by atoms with Crippen molar-refractivity contribution >= 4 is 5.97 Å². The molecule has 0 amide bonds. The Bertz CT molecular complexity index is 205. The Labute approximate surface area is 112 Å². The second kappa shape index (κ2) is 10.4. The first-order chi connectivity index (χ1) is 8.83. The van der Waals surface area contributed by atoms with Gasteiger partial charge in [0.15, 0.2) is 0 Å². The van der Waals surface area contributed by atoms with Crippen LogP contribution in [0.25, 0.3) is 0 Å². The molecule has 1 aliphatic carbocycles. The van der Waals surface area contributed by atoms with Gasteiger partial charge in [-0.25, -0.2) is 0 Å². The van der Waals surface area contributed by atoms with Crippen molar-refractivity contribution < 1.29 is 9.53 Å². The fraction of sp³-hybridized carbons (Fsp3) is 0.875. The fourth-order valence-corrected chi connectivity index (χ4v) is 2.54. The van der Waals surface area contributed by atoms with E-state index in [1.165, 1.54) is 51.4 Å². The van der Waals surface area contributed by atoms with Gasteiger partial charge in [0.25, 0.3) is 0 Å². The molecule has 1 rings (SSSR count). The highest BCUT2D eigenvalue weighted by atomic mass is 16.5. The Kier molecular flexibility index (Phi) is 8.97. The van der Waals surface area contributed by atoms with E-state index >= 15 is 0 Å². The zero-order valence-electron chi connectivity index (χ0n) is 12.0. The van der Waals surface area contributed by atoms with E-state index < -0.39 is 0 Å². The molecule has 0 aromatic rings. The molecule has 1 saturated carbocycles. The predicted octanol–water partition coefficient (Wildman–Crippen LogP) is 4.82. The summed E-state index contributed by atoms with van der Waals surface area (Å²) in [5.74, 6) is -0.0857. The summed E-state index contributed by atoms with van der Waals surface area (Å²) in [6.07, 6.45) is 16.2. The molecule has 2 nitrogen and oxygen atoms in total. The number of rotatable bonds is 8. The predicted molar refractivity (Wildman–Crippen MR) is 75.3 cm³/mol. The highest BCUT2D eigenvalue weighted by molar-refractivity contribution is 5.78. The van der Waals surface area contributed by atoms with Crippen LogP contribution in [0.4, 0.5) is 0 Å². The van der Waals surface area contributed by atoms with Crippen molar-refractivity contribution in [2.75, 3.05) is 0 Å². The molecular weight excluding hydrogens is 224 g/mol. The summed E-state index contributed by atoms with van der Waals surface area (Å²) in [7, 11) is 0. The van der Waals surface area contributed by atoms with Crippen molar-refractivity contribution in [3.05, 3.63) is 6.42 Å². The minimum absolute atomic E-state index is 0.0857. The van der Waals surface area contributed by atoms with Crippen LogP contribution in [0.2, 0.25) is 0 Å². The Hall–Kier alpha value is -0.530. The molecular formula is C16H29O2. The van der Waals surface area contributed by atoms with Crippen LogP contribution in [-0.2, 0) is 9.53 Å². The molecule has 0 heterocycles. The van der Waals surface area contributed by atoms with Gasteiger partial charge in [-0.05, 0) is 32.1 Å². The van der Waals surface area contributed by atoms with Crippen LogP contribution in [0.5, 0.6) is 0 Å². The maximum atomic E-state index is 11.6. The van der Waals surface area contributed by atoms with Crippen molar-refractivity contribution in [1.82, 2.24) is 0 Å². The molecule has 105 valence electrons.